The second-order valence-electron chi connectivity index (χ2n) is 4.03. The third-order valence-corrected chi connectivity index (χ3v) is 2.55. The van der Waals surface area contributed by atoms with Gasteiger partial charge < -0.3 is 13.9 Å². The highest BCUT2D eigenvalue weighted by Gasteiger charge is 2.05. The lowest BCUT2D eigenvalue weighted by atomic mass is 10.3. The number of para-hydroxylation sites is 1. The average molecular weight is 260 g/mol. The van der Waals surface area contributed by atoms with Crippen LogP contribution in [0.2, 0.25) is 0 Å². The lowest BCUT2D eigenvalue weighted by molar-refractivity contribution is 0.240. The standard InChI is InChI=1S/C15H16O4/c1-12-15(14(16)8-11-17-12)19-10-5-9-18-13-6-3-2-4-7-13/h2-4,6-8,11H,5,9-10H2,1H3. The van der Waals surface area contributed by atoms with Gasteiger partial charge in [-0.15, -0.1) is 0 Å². The average Bonchev–Trinajstić information content (AvgIpc) is 2.42. The fraction of sp³-hybridized carbons (Fsp3) is 0.267. The molecule has 0 saturated carbocycles. The fourth-order valence-corrected chi connectivity index (χ4v) is 1.61. The lowest BCUT2D eigenvalue weighted by Crippen LogP contribution is -2.11. The minimum atomic E-state index is -0.160. The molecule has 1 aromatic heterocycles. The zero-order valence-corrected chi connectivity index (χ0v) is 10.8. The van der Waals surface area contributed by atoms with Crippen molar-refractivity contribution in [3.05, 3.63) is 58.6 Å². The van der Waals surface area contributed by atoms with E-state index in [1.54, 1.807) is 6.92 Å². The van der Waals surface area contributed by atoms with Crippen LogP contribution >= 0.6 is 0 Å². The van der Waals surface area contributed by atoms with Gasteiger partial charge in [0.1, 0.15) is 11.5 Å². The van der Waals surface area contributed by atoms with Crippen LogP contribution in [-0.2, 0) is 0 Å². The second kappa shape index (κ2) is 6.64. The van der Waals surface area contributed by atoms with Gasteiger partial charge in [-0.05, 0) is 19.1 Å². The summed E-state index contributed by atoms with van der Waals surface area (Å²) >= 11 is 0. The first-order valence-electron chi connectivity index (χ1n) is 6.16. The Bertz CT molecular complexity index is 560. The van der Waals surface area contributed by atoms with Crippen LogP contribution in [0, 0.1) is 6.92 Å². The molecule has 0 spiro atoms. The maximum absolute atomic E-state index is 11.5. The summed E-state index contributed by atoms with van der Waals surface area (Å²) in [5.74, 6) is 1.61. The Morgan fingerprint density at radius 3 is 2.53 bits per heavy atom. The molecule has 0 atom stereocenters. The molecule has 0 amide bonds. The van der Waals surface area contributed by atoms with Gasteiger partial charge in [0.15, 0.2) is 0 Å². The topological polar surface area (TPSA) is 48.7 Å². The van der Waals surface area contributed by atoms with Gasteiger partial charge in [-0.3, -0.25) is 4.79 Å². The number of benzene rings is 1. The Labute approximate surface area is 111 Å². The third kappa shape index (κ3) is 3.88. The monoisotopic (exact) mass is 260 g/mol. The Kier molecular flexibility index (Phi) is 4.61. The highest BCUT2D eigenvalue weighted by Crippen LogP contribution is 2.11. The molecule has 1 aromatic carbocycles. The molecule has 4 nitrogen and oxygen atoms in total. The molecule has 2 rings (SSSR count). The van der Waals surface area contributed by atoms with Crippen molar-refractivity contribution in [1.82, 2.24) is 0 Å². The van der Waals surface area contributed by atoms with Gasteiger partial charge in [-0.2, -0.15) is 0 Å². The molecule has 0 unspecified atom stereocenters. The summed E-state index contributed by atoms with van der Waals surface area (Å²) in [6.07, 6.45) is 2.06. The minimum Gasteiger partial charge on any atom is -0.493 e. The van der Waals surface area contributed by atoms with Crippen LogP contribution < -0.4 is 14.9 Å². The SMILES string of the molecule is Cc1occc(=O)c1OCCCOc1ccccc1. The van der Waals surface area contributed by atoms with Crippen LogP contribution in [-0.4, -0.2) is 13.2 Å². The van der Waals surface area contributed by atoms with E-state index in [0.29, 0.717) is 25.4 Å². The quantitative estimate of drug-likeness (QED) is 0.749. The van der Waals surface area contributed by atoms with Crippen molar-refractivity contribution in [2.24, 2.45) is 0 Å². The van der Waals surface area contributed by atoms with E-state index in [1.807, 2.05) is 30.3 Å². The molecule has 0 fully saturated rings. The first kappa shape index (κ1) is 13.2. The summed E-state index contributed by atoms with van der Waals surface area (Å²) in [6.45, 7) is 2.67. The van der Waals surface area contributed by atoms with Gasteiger partial charge in [0, 0.05) is 12.5 Å². The molecule has 0 aliphatic heterocycles. The molecule has 0 saturated heterocycles. The van der Waals surface area contributed by atoms with Gasteiger partial charge in [-0.1, -0.05) is 18.2 Å². The summed E-state index contributed by atoms with van der Waals surface area (Å²) in [6, 6.07) is 10.9. The molecular formula is C15H16O4. The Morgan fingerprint density at radius 2 is 1.79 bits per heavy atom. The smallest absolute Gasteiger partial charge is 0.226 e. The maximum Gasteiger partial charge on any atom is 0.226 e. The molecule has 19 heavy (non-hydrogen) atoms. The predicted molar refractivity (Wildman–Crippen MR) is 71.8 cm³/mol. The number of hydrogen-bond donors (Lipinski definition) is 0. The van der Waals surface area contributed by atoms with E-state index in [0.717, 1.165) is 5.75 Å². The normalized spacial score (nSPS) is 10.2. The van der Waals surface area contributed by atoms with Gasteiger partial charge in [0.25, 0.3) is 0 Å². The van der Waals surface area contributed by atoms with E-state index in [1.165, 1.54) is 12.3 Å². The van der Waals surface area contributed by atoms with Gasteiger partial charge in [-0.25, -0.2) is 0 Å². The number of ether oxygens (including phenoxy) is 2. The minimum absolute atomic E-state index is 0.160. The Balaban J connectivity index is 1.74. The van der Waals surface area contributed by atoms with E-state index >= 15 is 0 Å². The predicted octanol–water partition coefficient (Wildman–Crippen LogP) is 2.80. The first-order valence-corrected chi connectivity index (χ1v) is 6.16. The highest BCUT2D eigenvalue weighted by molar-refractivity contribution is 5.23. The van der Waals surface area contributed by atoms with Crippen LogP contribution in [0.15, 0.2) is 51.9 Å². The number of aryl methyl sites for hydroxylation is 1. The van der Waals surface area contributed by atoms with E-state index in [4.69, 9.17) is 13.9 Å². The van der Waals surface area contributed by atoms with Crippen LogP contribution in [0.5, 0.6) is 11.5 Å². The van der Waals surface area contributed by atoms with E-state index in [2.05, 4.69) is 0 Å². The molecular weight excluding hydrogens is 244 g/mol. The van der Waals surface area contributed by atoms with Gasteiger partial charge >= 0.3 is 0 Å². The first-order chi connectivity index (χ1) is 9.27. The van der Waals surface area contributed by atoms with Crippen LogP contribution in [0.25, 0.3) is 0 Å². The van der Waals surface area contributed by atoms with Crippen molar-refractivity contribution in [1.29, 1.82) is 0 Å². The van der Waals surface area contributed by atoms with Crippen molar-refractivity contribution in [2.75, 3.05) is 13.2 Å². The molecule has 2 aromatic rings. The lowest BCUT2D eigenvalue weighted by Gasteiger charge is -2.08. The molecule has 0 aliphatic carbocycles. The van der Waals surface area contributed by atoms with Crippen LogP contribution in [0.4, 0.5) is 0 Å². The number of hydrogen-bond acceptors (Lipinski definition) is 4. The van der Waals surface area contributed by atoms with Crippen LogP contribution in [0.1, 0.15) is 12.2 Å². The zero-order valence-electron chi connectivity index (χ0n) is 10.8. The largest absolute Gasteiger partial charge is 0.493 e. The van der Waals surface area contributed by atoms with Crippen molar-refractivity contribution >= 4 is 0 Å². The third-order valence-electron chi connectivity index (χ3n) is 2.55. The van der Waals surface area contributed by atoms with Crippen molar-refractivity contribution in [3.8, 4) is 11.5 Å². The molecule has 0 radical (unpaired) electrons. The summed E-state index contributed by atoms with van der Waals surface area (Å²) in [7, 11) is 0. The molecule has 1 heterocycles. The summed E-state index contributed by atoms with van der Waals surface area (Å²) in [4.78, 5) is 11.5. The van der Waals surface area contributed by atoms with Gasteiger partial charge in [0.2, 0.25) is 11.2 Å². The van der Waals surface area contributed by atoms with E-state index < -0.39 is 0 Å². The fourth-order valence-electron chi connectivity index (χ4n) is 1.61. The van der Waals surface area contributed by atoms with Gasteiger partial charge in [0.05, 0.1) is 19.5 Å². The zero-order chi connectivity index (χ0) is 13.5. The summed E-state index contributed by atoms with van der Waals surface area (Å²) < 4.78 is 16.1. The number of rotatable bonds is 6. The Hall–Kier alpha value is -2.23. The summed E-state index contributed by atoms with van der Waals surface area (Å²) in [5, 5.41) is 0. The summed E-state index contributed by atoms with van der Waals surface area (Å²) in [5.41, 5.74) is -0.160. The second-order valence-corrected chi connectivity index (χ2v) is 4.03. The molecule has 4 heteroatoms. The highest BCUT2D eigenvalue weighted by atomic mass is 16.5. The molecule has 0 bridgehead atoms. The van der Waals surface area contributed by atoms with Crippen LogP contribution in [0.3, 0.4) is 0 Å². The van der Waals surface area contributed by atoms with E-state index in [-0.39, 0.29) is 11.2 Å². The Morgan fingerprint density at radius 1 is 1.05 bits per heavy atom. The van der Waals surface area contributed by atoms with Crippen molar-refractivity contribution < 1.29 is 13.9 Å². The van der Waals surface area contributed by atoms with Crippen molar-refractivity contribution in [2.45, 2.75) is 13.3 Å². The van der Waals surface area contributed by atoms with Crippen molar-refractivity contribution in [3.63, 3.8) is 0 Å². The molecule has 0 aliphatic rings. The maximum atomic E-state index is 11.5. The molecule has 100 valence electrons. The molecule has 0 N–H and O–H groups in total. The van der Waals surface area contributed by atoms with E-state index in [9.17, 15) is 4.79 Å².